The molecule has 1 heterocycles. The molecule has 0 saturated heterocycles. The summed E-state index contributed by atoms with van der Waals surface area (Å²) in [5.41, 5.74) is 3.36. The van der Waals surface area contributed by atoms with Gasteiger partial charge in [-0.2, -0.15) is 0 Å². The van der Waals surface area contributed by atoms with E-state index in [1.165, 1.54) is 5.56 Å². The van der Waals surface area contributed by atoms with Gasteiger partial charge in [-0.1, -0.05) is 6.07 Å². The van der Waals surface area contributed by atoms with E-state index >= 15 is 0 Å². The van der Waals surface area contributed by atoms with Crippen LogP contribution in [-0.4, -0.2) is 21.7 Å². The number of aromatic nitrogens is 2. The summed E-state index contributed by atoms with van der Waals surface area (Å²) in [4.78, 5) is 7.59. The summed E-state index contributed by atoms with van der Waals surface area (Å²) in [6.45, 7) is 2.21. The number of fused-ring (bicyclic) bond motifs is 1. The standard InChI is InChI=1S/C12H14N2O/c1-8-13-10-3-2-9(6-11(10)14-8)12(7-15)4-5-12/h2-3,6,15H,4-5,7H2,1H3,(H,13,14). The lowest BCUT2D eigenvalue weighted by Gasteiger charge is -2.11. The summed E-state index contributed by atoms with van der Waals surface area (Å²) in [5, 5.41) is 9.36. The molecule has 3 nitrogen and oxygen atoms in total. The Morgan fingerprint density at radius 3 is 2.93 bits per heavy atom. The Hall–Kier alpha value is -1.35. The summed E-state index contributed by atoms with van der Waals surface area (Å²) in [6.07, 6.45) is 2.20. The van der Waals surface area contributed by atoms with Crippen LogP contribution in [0.3, 0.4) is 0 Å². The number of rotatable bonds is 2. The predicted octanol–water partition coefficient (Wildman–Crippen LogP) is 1.90. The Morgan fingerprint density at radius 2 is 2.27 bits per heavy atom. The summed E-state index contributed by atoms with van der Waals surface area (Å²) in [7, 11) is 0. The molecule has 0 unspecified atom stereocenters. The van der Waals surface area contributed by atoms with Crippen LogP contribution in [0.4, 0.5) is 0 Å². The number of nitrogens with one attached hydrogen (secondary N) is 1. The first-order valence-corrected chi connectivity index (χ1v) is 5.31. The maximum absolute atomic E-state index is 9.36. The Morgan fingerprint density at radius 1 is 1.47 bits per heavy atom. The first-order valence-electron chi connectivity index (χ1n) is 5.31. The van der Waals surface area contributed by atoms with Crippen LogP contribution in [-0.2, 0) is 5.41 Å². The Kier molecular flexibility index (Phi) is 1.68. The molecule has 1 fully saturated rings. The third kappa shape index (κ3) is 1.27. The molecule has 0 aliphatic heterocycles. The third-order valence-corrected chi connectivity index (χ3v) is 3.37. The van der Waals surface area contributed by atoms with Crippen molar-refractivity contribution in [3.8, 4) is 0 Å². The van der Waals surface area contributed by atoms with Crippen molar-refractivity contribution >= 4 is 11.0 Å². The molecule has 1 aliphatic carbocycles. The number of H-pyrrole nitrogens is 1. The van der Waals surface area contributed by atoms with E-state index in [2.05, 4.69) is 22.1 Å². The van der Waals surface area contributed by atoms with Crippen LogP contribution in [0.25, 0.3) is 11.0 Å². The van der Waals surface area contributed by atoms with E-state index < -0.39 is 0 Å². The SMILES string of the molecule is Cc1nc2ccc(C3(CO)CC3)cc2[nH]1. The monoisotopic (exact) mass is 202 g/mol. The number of aryl methyl sites for hydroxylation is 1. The van der Waals surface area contributed by atoms with Crippen molar-refractivity contribution in [2.45, 2.75) is 25.2 Å². The van der Waals surface area contributed by atoms with Gasteiger partial charge >= 0.3 is 0 Å². The lowest BCUT2D eigenvalue weighted by molar-refractivity contribution is 0.255. The number of imidazole rings is 1. The zero-order valence-electron chi connectivity index (χ0n) is 8.75. The van der Waals surface area contributed by atoms with Gasteiger partial charge in [0.05, 0.1) is 17.6 Å². The lowest BCUT2D eigenvalue weighted by Crippen LogP contribution is -2.11. The molecule has 3 rings (SSSR count). The fraction of sp³-hybridized carbons (Fsp3) is 0.417. The topological polar surface area (TPSA) is 48.9 Å². The number of hydrogen-bond donors (Lipinski definition) is 2. The van der Waals surface area contributed by atoms with E-state index in [0.717, 1.165) is 29.7 Å². The molecule has 15 heavy (non-hydrogen) atoms. The molecular weight excluding hydrogens is 188 g/mol. The molecule has 1 aliphatic rings. The van der Waals surface area contributed by atoms with Gasteiger partial charge in [0.15, 0.2) is 0 Å². The number of aliphatic hydroxyl groups is 1. The van der Waals surface area contributed by atoms with Gasteiger partial charge < -0.3 is 10.1 Å². The van der Waals surface area contributed by atoms with Crippen molar-refractivity contribution in [1.82, 2.24) is 9.97 Å². The van der Waals surface area contributed by atoms with Crippen molar-refractivity contribution in [3.63, 3.8) is 0 Å². The maximum Gasteiger partial charge on any atom is 0.104 e. The lowest BCUT2D eigenvalue weighted by atomic mass is 9.97. The minimum absolute atomic E-state index is 0.0488. The molecule has 0 spiro atoms. The second-order valence-electron chi connectivity index (χ2n) is 4.49. The van der Waals surface area contributed by atoms with Gasteiger partial charge in [0, 0.05) is 5.41 Å². The third-order valence-electron chi connectivity index (χ3n) is 3.37. The van der Waals surface area contributed by atoms with E-state index in [1.54, 1.807) is 0 Å². The molecule has 0 bridgehead atoms. The second-order valence-corrected chi connectivity index (χ2v) is 4.49. The number of aliphatic hydroxyl groups excluding tert-OH is 1. The molecule has 78 valence electrons. The summed E-state index contributed by atoms with van der Waals surface area (Å²) in [6, 6.07) is 6.24. The average Bonchev–Trinajstić information content (AvgIpc) is 2.94. The maximum atomic E-state index is 9.36. The molecule has 1 saturated carbocycles. The van der Waals surface area contributed by atoms with Gasteiger partial charge in [-0.15, -0.1) is 0 Å². The highest BCUT2D eigenvalue weighted by atomic mass is 16.3. The number of nitrogens with zero attached hydrogens (tertiary/aromatic N) is 1. The van der Waals surface area contributed by atoms with Crippen molar-refractivity contribution in [3.05, 3.63) is 29.6 Å². The smallest absolute Gasteiger partial charge is 0.104 e. The Bertz CT molecular complexity index is 511. The first kappa shape index (κ1) is 8.92. The largest absolute Gasteiger partial charge is 0.395 e. The zero-order valence-corrected chi connectivity index (χ0v) is 8.75. The van der Waals surface area contributed by atoms with Gasteiger partial charge in [-0.3, -0.25) is 0 Å². The summed E-state index contributed by atoms with van der Waals surface area (Å²) >= 11 is 0. The Balaban J connectivity index is 2.13. The molecule has 0 radical (unpaired) electrons. The van der Waals surface area contributed by atoms with Crippen LogP contribution in [0.5, 0.6) is 0 Å². The molecule has 1 aromatic heterocycles. The molecule has 2 N–H and O–H groups in total. The van der Waals surface area contributed by atoms with E-state index in [-0.39, 0.29) is 12.0 Å². The quantitative estimate of drug-likeness (QED) is 0.781. The van der Waals surface area contributed by atoms with Gasteiger partial charge in [0.1, 0.15) is 5.82 Å². The van der Waals surface area contributed by atoms with Crippen LogP contribution in [0, 0.1) is 6.92 Å². The fourth-order valence-corrected chi connectivity index (χ4v) is 2.16. The molecule has 0 amide bonds. The molecule has 2 aromatic rings. The number of hydrogen-bond acceptors (Lipinski definition) is 2. The highest BCUT2D eigenvalue weighted by Gasteiger charge is 2.43. The van der Waals surface area contributed by atoms with Gasteiger partial charge in [0.25, 0.3) is 0 Å². The first-order chi connectivity index (χ1) is 7.23. The molecular formula is C12H14N2O. The number of aromatic amines is 1. The van der Waals surface area contributed by atoms with E-state index in [4.69, 9.17) is 0 Å². The van der Waals surface area contributed by atoms with Crippen LogP contribution in [0.15, 0.2) is 18.2 Å². The Labute approximate surface area is 88.2 Å². The summed E-state index contributed by atoms with van der Waals surface area (Å²) in [5.74, 6) is 0.941. The molecule has 1 aromatic carbocycles. The van der Waals surface area contributed by atoms with E-state index in [1.807, 2.05) is 13.0 Å². The zero-order chi connectivity index (χ0) is 10.5. The number of benzene rings is 1. The van der Waals surface area contributed by atoms with Crippen molar-refractivity contribution < 1.29 is 5.11 Å². The molecule has 0 atom stereocenters. The van der Waals surface area contributed by atoms with Crippen LogP contribution in [0.2, 0.25) is 0 Å². The van der Waals surface area contributed by atoms with Crippen LogP contribution >= 0.6 is 0 Å². The van der Waals surface area contributed by atoms with Crippen LogP contribution < -0.4 is 0 Å². The van der Waals surface area contributed by atoms with E-state index in [9.17, 15) is 5.11 Å². The summed E-state index contributed by atoms with van der Waals surface area (Å²) < 4.78 is 0. The molecule has 3 heteroatoms. The van der Waals surface area contributed by atoms with Gasteiger partial charge in [0.2, 0.25) is 0 Å². The van der Waals surface area contributed by atoms with Gasteiger partial charge in [-0.25, -0.2) is 4.98 Å². The fourth-order valence-electron chi connectivity index (χ4n) is 2.16. The van der Waals surface area contributed by atoms with Crippen molar-refractivity contribution in [2.75, 3.05) is 6.61 Å². The van der Waals surface area contributed by atoms with E-state index in [0.29, 0.717) is 0 Å². The average molecular weight is 202 g/mol. The normalized spacial score (nSPS) is 18.3. The second kappa shape index (κ2) is 2.83. The van der Waals surface area contributed by atoms with Crippen molar-refractivity contribution in [1.29, 1.82) is 0 Å². The minimum Gasteiger partial charge on any atom is -0.395 e. The highest BCUT2D eigenvalue weighted by molar-refractivity contribution is 5.76. The highest BCUT2D eigenvalue weighted by Crippen LogP contribution is 2.47. The minimum atomic E-state index is 0.0488. The van der Waals surface area contributed by atoms with Crippen LogP contribution in [0.1, 0.15) is 24.2 Å². The predicted molar refractivity (Wildman–Crippen MR) is 58.8 cm³/mol. The van der Waals surface area contributed by atoms with Crippen molar-refractivity contribution in [2.24, 2.45) is 0 Å². The van der Waals surface area contributed by atoms with Gasteiger partial charge in [-0.05, 0) is 37.5 Å².